The number of carboxylic acids is 1. The summed E-state index contributed by atoms with van der Waals surface area (Å²) in [4.78, 5) is 33.8. The van der Waals surface area contributed by atoms with Gasteiger partial charge in [-0.15, -0.1) is 0 Å². The molecule has 2 N–H and O–H groups in total. The lowest BCUT2D eigenvalue weighted by molar-refractivity contribution is -0.145. The minimum Gasteiger partial charge on any atom is -0.481 e. The van der Waals surface area contributed by atoms with Gasteiger partial charge in [-0.3, -0.25) is 19.3 Å². The van der Waals surface area contributed by atoms with E-state index in [4.69, 9.17) is 5.11 Å². The first-order chi connectivity index (χ1) is 6.91. The Morgan fingerprint density at radius 3 is 2.60 bits per heavy atom. The Bertz CT molecular complexity index is 301. The highest BCUT2D eigenvalue weighted by Crippen LogP contribution is 2.19. The summed E-state index contributed by atoms with van der Waals surface area (Å²) in [6.07, 6.45) is -1.52. The normalized spacial score (nSPS) is 23.3. The average molecular weight is 215 g/mol. The molecule has 1 saturated heterocycles. The first-order valence-electron chi connectivity index (χ1n) is 4.66. The average Bonchev–Trinajstić information content (AvgIpc) is 2.31. The maximum atomic E-state index is 11.4. The Morgan fingerprint density at radius 1 is 1.60 bits per heavy atom. The molecule has 1 heterocycles. The summed E-state index contributed by atoms with van der Waals surface area (Å²) in [7, 11) is 0. The summed E-state index contributed by atoms with van der Waals surface area (Å²) in [5.74, 6) is -2.22. The molecule has 1 fully saturated rings. The van der Waals surface area contributed by atoms with Crippen molar-refractivity contribution in [3.63, 3.8) is 0 Å². The number of hydrogen-bond acceptors (Lipinski definition) is 4. The van der Waals surface area contributed by atoms with Gasteiger partial charge in [-0.2, -0.15) is 0 Å². The van der Waals surface area contributed by atoms with E-state index in [0.717, 1.165) is 4.90 Å². The summed E-state index contributed by atoms with van der Waals surface area (Å²) in [6, 6.07) is 0. The molecule has 0 saturated carbocycles. The zero-order valence-corrected chi connectivity index (χ0v) is 8.34. The lowest BCUT2D eigenvalue weighted by Crippen LogP contribution is -2.38. The van der Waals surface area contributed by atoms with Crippen LogP contribution in [0.15, 0.2) is 0 Å². The van der Waals surface area contributed by atoms with Crippen LogP contribution < -0.4 is 0 Å². The van der Waals surface area contributed by atoms with Gasteiger partial charge in [0.15, 0.2) is 0 Å². The van der Waals surface area contributed by atoms with Crippen LogP contribution in [-0.4, -0.2) is 45.5 Å². The zero-order valence-electron chi connectivity index (χ0n) is 8.34. The molecule has 0 radical (unpaired) electrons. The number of imide groups is 1. The van der Waals surface area contributed by atoms with Crippen molar-refractivity contribution in [2.45, 2.75) is 25.9 Å². The van der Waals surface area contributed by atoms with Crippen molar-refractivity contribution in [1.29, 1.82) is 0 Å². The smallest absolute Gasteiger partial charge is 0.306 e. The Morgan fingerprint density at radius 2 is 2.20 bits per heavy atom. The number of aliphatic hydroxyl groups excluding tert-OH is 1. The second kappa shape index (κ2) is 4.39. The quantitative estimate of drug-likeness (QED) is 0.600. The van der Waals surface area contributed by atoms with Gasteiger partial charge in [0.25, 0.3) is 0 Å². The van der Waals surface area contributed by atoms with Crippen molar-refractivity contribution in [2.75, 3.05) is 6.54 Å². The van der Waals surface area contributed by atoms with E-state index in [9.17, 15) is 19.5 Å². The highest BCUT2D eigenvalue weighted by molar-refractivity contribution is 6.03. The minimum absolute atomic E-state index is 0.138. The van der Waals surface area contributed by atoms with Crippen molar-refractivity contribution in [3.8, 4) is 0 Å². The van der Waals surface area contributed by atoms with Crippen molar-refractivity contribution in [2.24, 2.45) is 5.92 Å². The third kappa shape index (κ3) is 2.76. The summed E-state index contributed by atoms with van der Waals surface area (Å²) >= 11 is 0. The molecule has 1 aliphatic rings. The predicted octanol–water partition coefficient (Wildman–Crippen LogP) is -0.783. The monoisotopic (exact) mass is 215 g/mol. The third-order valence-corrected chi connectivity index (χ3v) is 2.27. The Labute approximate surface area is 86.5 Å². The van der Waals surface area contributed by atoms with Crippen LogP contribution in [0.2, 0.25) is 0 Å². The summed E-state index contributed by atoms with van der Waals surface area (Å²) in [5, 5.41) is 17.7. The standard InChI is InChI=1S/C9H13NO5/c1-5-2-7(12)10(9(5)15)4-6(11)3-8(13)14/h5-6,11H,2-4H2,1H3,(H,13,14). The number of carboxylic acid groups (broad SMARTS) is 1. The number of rotatable bonds is 4. The molecule has 6 heteroatoms. The Balaban J connectivity index is 2.54. The fraction of sp³-hybridized carbons (Fsp3) is 0.667. The van der Waals surface area contributed by atoms with Crippen LogP contribution >= 0.6 is 0 Å². The topological polar surface area (TPSA) is 94.9 Å². The second-order valence-electron chi connectivity index (χ2n) is 3.70. The molecule has 84 valence electrons. The number of carbonyl (C=O) groups is 3. The van der Waals surface area contributed by atoms with E-state index in [-0.39, 0.29) is 30.7 Å². The molecule has 1 rings (SSSR count). The number of amides is 2. The van der Waals surface area contributed by atoms with Crippen LogP contribution in [-0.2, 0) is 14.4 Å². The van der Waals surface area contributed by atoms with Crippen molar-refractivity contribution in [3.05, 3.63) is 0 Å². The van der Waals surface area contributed by atoms with Gasteiger partial charge < -0.3 is 10.2 Å². The summed E-state index contributed by atoms with van der Waals surface area (Å²) in [6.45, 7) is 1.40. The van der Waals surface area contributed by atoms with Gasteiger partial charge in [0.1, 0.15) is 0 Å². The van der Waals surface area contributed by atoms with Crippen molar-refractivity contribution < 1.29 is 24.6 Å². The van der Waals surface area contributed by atoms with E-state index >= 15 is 0 Å². The molecule has 2 atom stereocenters. The second-order valence-corrected chi connectivity index (χ2v) is 3.70. The lowest BCUT2D eigenvalue weighted by atomic mass is 10.1. The largest absolute Gasteiger partial charge is 0.481 e. The molecule has 2 amide bonds. The maximum Gasteiger partial charge on any atom is 0.306 e. The van der Waals surface area contributed by atoms with Crippen LogP contribution in [0.5, 0.6) is 0 Å². The number of aliphatic hydroxyl groups is 1. The Kier molecular flexibility index (Phi) is 3.41. The number of likely N-dealkylation sites (tertiary alicyclic amines) is 1. The van der Waals surface area contributed by atoms with Crippen LogP contribution in [0.3, 0.4) is 0 Å². The maximum absolute atomic E-state index is 11.4. The Hall–Kier alpha value is -1.43. The van der Waals surface area contributed by atoms with E-state index in [1.54, 1.807) is 6.92 Å². The van der Waals surface area contributed by atoms with E-state index in [1.165, 1.54) is 0 Å². The molecule has 0 aliphatic carbocycles. The van der Waals surface area contributed by atoms with E-state index < -0.39 is 18.5 Å². The number of aliphatic carboxylic acids is 1. The van der Waals surface area contributed by atoms with E-state index in [0.29, 0.717) is 0 Å². The first kappa shape index (κ1) is 11.6. The van der Waals surface area contributed by atoms with Crippen molar-refractivity contribution >= 4 is 17.8 Å². The fourth-order valence-electron chi connectivity index (χ4n) is 1.52. The van der Waals surface area contributed by atoms with E-state index in [1.807, 2.05) is 0 Å². The van der Waals surface area contributed by atoms with Crippen molar-refractivity contribution in [1.82, 2.24) is 4.90 Å². The van der Waals surface area contributed by atoms with Gasteiger partial charge in [0.05, 0.1) is 19.1 Å². The highest BCUT2D eigenvalue weighted by Gasteiger charge is 2.36. The molecule has 0 bridgehead atoms. The highest BCUT2D eigenvalue weighted by atomic mass is 16.4. The third-order valence-electron chi connectivity index (χ3n) is 2.27. The lowest BCUT2D eigenvalue weighted by Gasteiger charge is -2.17. The molecular weight excluding hydrogens is 202 g/mol. The number of β-amino-alcohol motifs (C(OH)–C–C–N with tert-alkyl or cyclic N) is 1. The van der Waals surface area contributed by atoms with Gasteiger partial charge in [-0.25, -0.2) is 0 Å². The summed E-state index contributed by atoms with van der Waals surface area (Å²) < 4.78 is 0. The molecule has 6 nitrogen and oxygen atoms in total. The van der Waals surface area contributed by atoms with Gasteiger partial charge in [-0.05, 0) is 0 Å². The molecule has 0 aromatic rings. The molecule has 0 aromatic carbocycles. The van der Waals surface area contributed by atoms with Gasteiger partial charge >= 0.3 is 5.97 Å². The van der Waals surface area contributed by atoms with Gasteiger partial charge in [-0.1, -0.05) is 6.92 Å². The molecule has 15 heavy (non-hydrogen) atoms. The number of carbonyl (C=O) groups excluding carboxylic acids is 2. The molecule has 1 aliphatic heterocycles. The molecule has 0 spiro atoms. The van der Waals surface area contributed by atoms with Crippen LogP contribution in [0.1, 0.15) is 19.8 Å². The van der Waals surface area contributed by atoms with Gasteiger partial charge in [0, 0.05) is 12.3 Å². The summed E-state index contributed by atoms with van der Waals surface area (Å²) in [5.41, 5.74) is 0. The van der Waals surface area contributed by atoms with Gasteiger partial charge in [0.2, 0.25) is 11.8 Å². The minimum atomic E-state index is -1.19. The number of hydrogen-bond donors (Lipinski definition) is 2. The van der Waals surface area contributed by atoms with E-state index in [2.05, 4.69) is 0 Å². The van der Waals surface area contributed by atoms with Crippen LogP contribution in [0.4, 0.5) is 0 Å². The first-order valence-corrected chi connectivity index (χ1v) is 4.66. The zero-order chi connectivity index (χ0) is 11.6. The van der Waals surface area contributed by atoms with Crippen LogP contribution in [0, 0.1) is 5.92 Å². The van der Waals surface area contributed by atoms with Crippen LogP contribution in [0.25, 0.3) is 0 Å². The number of nitrogens with zero attached hydrogens (tertiary/aromatic N) is 1. The molecule has 2 unspecified atom stereocenters. The predicted molar refractivity (Wildman–Crippen MR) is 48.8 cm³/mol. The molecular formula is C9H13NO5. The molecule has 0 aromatic heterocycles. The fourth-order valence-corrected chi connectivity index (χ4v) is 1.52. The SMILES string of the molecule is CC1CC(=O)N(CC(O)CC(=O)O)C1=O.